The van der Waals surface area contributed by atoms with Crippen molar-refractivity contribution in [3.8, 4) is 11.5 Å². The molecule has 2 amide bonds. The molecule has 1 aliphatic heterocycles. The molecule has 1 fully saturated rings. The second kappa shape index (κ2) is 10.8. The van der Waals surface area contributed by atoms with Crippen LogP contribution in [0.15, 0.2) is 42.5 Å². The lowest BCUT2D eigenvalue weighted by atomic mass is 10.1. The molecule has 31 heavy (non-hydrogen) atoms. The van der Waals surface area contributed by atoms with Crippen molar-refractivity contribution in [3.05, 3.63) is 59.2 Å². The summed E-state index contributed by atoms with van der Waals surface area (Å²) < 4.78 is 10.5. The first-order valence-corrected chi connectivity index (χ1v) is 10.9. The maximum atomic E-state index is 12.9. The molecular formula is C25H32N2O4. The van der Waals surface area contributed by atoms with Crippen molar-refractivity contribution in [2.24, 2.45) is 0 Å². The van der Waals surface area contributed by atoms with Crippen LogP contribution in [-0.4, -0.2) is 62.0 Å². The van der Waals surface area contributed by atoms with Gasteiger partial charge in [0.15, 0.2) is 0 Å². The molecule has 0 spiro atoms. The van der Waals surface area contributed by atoms with Crippen LogP contribution in [0.4, 0.5) is 0 Å². The average Bonchev–Trinajstić information content (AvgIpc) is 2.82. The number of hydrogen-bond acceptors (Lipinski definition) is 4. The van der Waals surface area contributed by atoms with E-state index in [1.165, 1.54) is 11.1 Å². The minimum atomic E-state index is -0.0672. The van der Waals surface area contributed by atoms with Gasteiger partial charge in [-0.15, -0.1) is 0 Å². The summed E-state index contributed by atoms with van der Waals surface area (Å²) in [7, 11) is 3.13. The summed E-state index contributed by atoms with van der Waals surface area (Å²) in [4.78, 5) is 29.1. The van der Waals surface area contributed by atoms with Gasteiger partial charge in [-0.25, -0.2) is 0 Å². The number of unbranched alkanes of at least 4 members (excludes halogenated alkanes) is 1. The molecule has 0 unspecified atom stereocenters. The number of amides is 2. The number of aryl methyl sites for hydroxylation is 2. The van der Waals surface area contributed by atoms with E-state index in [9.17, 15) is 9.59 Å². The van der Waals surface area contributed by atoms with Crippen molar-refractivity contribution in [2.75, 3.05) is 40.4 Å². The third-order valence-electron chi connectivity index (χ3n) is 5.74. The zero-order valence-electron chi connectivity index (χ0n) is 18.7. The first-order valence-electron chi connectivity index (χ1n) is 10.9. The molecule has 0 aromatic heterocycles. The second-order valence-electron chi connectivity index (χ2n) is 7.97. The van der Waals surface area contributed by atoms with Crippen LogP contribution in [-0.2, 0) is 11.2 Å². The number of carbonyl (C=O) groups excluding carboxylic acids is 2. The summed E-state index contributed by atoms with van der Waals surface area (Å²) in [5, 5.41) is 0. The molecule has 2 aromatic carbocycles. The number of benzene rings is 2. The highest BCUT2D eigenvalue weighted by Gasteiger charge is 2.25. The van der Waals surface area contributed by atoms with Crippen LogP contribution in [0.25, 0.3) is 0 Å². The molecule has 0 aliphatic carbocycles. The number of ether oxygens (including phenoxy) is 2. The Kier molecular flexibility index (Phi) is 7.93. The van der Waals surface area contributed by atoms with Gasteiger partial charge in [0.2, 0.25) is 5.91 Å². The van der Waals surface area contributed by atoms with Crippen molar-refractivity contribution < 1.29 is 19.1 Å². The molecule has 1 aliphatic rings. The number of nitrogens with zero attached hydrogens (tertiary/aromatic N) is 2. The third-order valence-corrected chi connectivity index (χ3v) is 5.74. The fourth-order valence-corrected chi connectivity index (χ4v) is 3.79. The van der Waals surface area contributed by atoms with Gasteiger partial charge in [0.25, 0.3) is 5.91 Å². The highest BCUT2D eigenvalue weighted by Crippen LogP contribution is 2.24. The van der Waals surface area contributed by atoms with Crippen molar-refractivity contribution >= 4 is 11.8 Å². The van der Waals surface area contributed by atoms with Gasteiger partial charge in [0, 0.05) is 44.2 Å². The Labute approximate surface area is 184 Å². The quantitative estimate of drug-likeness (QED) is 0.606. The number of piperazine rings is 1. The normalized spacial score (nSPS) is 13.8. The number of carbonyl (C=O) groups is 2. The lowest BCUT2D eigenvalue weighted by molar-refractivity contribution is -0.132. The zero-order chi connectivity index (χ0) is 22.2. The standard InChI is InChI=1S/C25H32N2O4/c1-19-8-10-20(11-9-19)6-4-5-7-24(28)26-12-14-27(15-13-26)25(29)21-16-22(30-2)18-23(17-21)31-3/h8-11,16-18H,4-7,12-15H2,1-3H3. The van der Waals surface area contributed by atoms with E-state index in [2.05, 4.69) is 31.2 Å². The molecule has 166 valence electrons. The van der Waals surface area contributed by atoms with E-state index in [1.54, 1.807) is 37.3 Å². The van der Waals surface area contributed by atoms with Gasteiger partial charge >= 0.3 is 0 Å². The summed E-state index contributed by atoms with van der Waals surface area (Å²) in [5.74, 6) is 1.28. The van der Waals surface area contributed by atoms with Crippen LogP contribution in [0.1, 0.15) is 40.7 Å². The first kappa shape index (κ1) is 22.7. The Bertz CT molecular complexity index is 865. The molecule has 0 atom stereocenters. The summed E-state index contributed by atoms with van der Waals surface area (Å²) in [5.41, 5.74) is 3.12. The van der Waals surface area contributed by atoms with Gasteiger partial charge in [-0.05, 0) is 43.9 Å². The zero-order valence-corrected chi connectivity index (χ0v) is 18.7. The summed E-state index contributed by atoms with van der Waals surface area (Å²) in [6.45, 7) is 4.30. The molecule has 3 rings (SSSR count). The Morgan fingerprint density at radius 1 is 0.839 bits per heavy atom. The number of hydrogen-bond donors (Lipinski definition) is 0. The van der Waals surface area contributed by atoms with Crippen LogP contribution in [0.2, 0.25) is 0 Å². The van der Waals surface area contributed by atoms with Crippen LogP contribution in [0.5, 0.6) is 11.5 Å². The highest BCUT2D eigenvalue weighted by atomic mass is 16.5. The van der Waals surface area contributed by atoms with Crippen molar-refractivity contribution in [3.63, 3.8) is 0 Å². The molecule has 0 saturated carbocycles. The molecule has 2 aromatic rings. The van der Waals surface area contributed by atoms with E-state index in [0.717, 1.165) is 19.3 Å². The third kappa shape index (κ3) is 6.23. The van der Waals surface area contributed by atoms with Gasteiger partial charge < -0.3 is 19.3 Å². The van der Waals surface area contributed by atoms with E-state index >= 15 is 0 Å². The van der Waals surface area contributed by atoms with Crippen LogP contribution < -0.4 is 9.47 Å². The maximum Gasteiger partial charge on any atom is 0.254 e. The number of rotatable bonds is 8. The highest BCUT2D eigenvalue weighted by molar-refractivity contribution is 5.95. The van der Waals surface area contributed by atoms with Crippen molar-refractivity contribution in [2.45, 2.75) is 32.6 Å². The van der Waals surface area contributed by atoms with Gasteiger partial charge in [-0.2, -0.15) is 0 Å². The average molecular weight is 425 g/mol. The van der Waals surface area contributed by atoms with Crippen molar-refractivity contribution in [1.29, 1.82) is 0 Å². The molecule has 0 radical (unpaired) electrons. The lowest BCUT2D eigenvalue weighted by Crippen LogP contribution is -2.50. The van der Waals surface area contributed by atoms with E-state index in [4.69, 9.17) is 9.47 Å². The second-order valence-corrected chi connectivity index (χ2v) is 7.97. The molecule has 0 bridgehead atoms. The van der Waals surface area contributed by atoms with Gasteiger partial charge in [-0.1, -0.05) is 29.8 Å². The van der Waals surface area contributed by atoms with Gasteiger partial charge in [0.05, 0.1) is 14.2 Å². The summed E-state index contributed by atoms with van der Waals surface area (Å²) >= 11 is 0. The SMILES string of the molecule is COc1cc(OC)cc(C(=O)N2CCN(C(=O)CCCCc3ccc(C)cc3)CC2)c1. The molecule has 6 nitrogen and oxygen atoms in total. The van der Waals surface area contributed by atoms with E-state index in [0.29, 0.717) is 49.7 Å². The largest absolute Gasteiger partial charge is 0.497 e. The fourth-order valence-electron chi connectivity index (χ4n) is 3.79. The monoisotopic (exact) mass is 424 g/mol. The van der Waals surface area contributed by atoms with Crippen LogP contribution >= 0.6 is 0 Å². The van der Waals surface area contributed by atoms with E-state index in [1.807, 2.05) is 4.90 Å². The van der Waals surface area contributed by atoms with E-state index < -0.39 is 0 Å². The predicted molar refractivity (Wildman–Crippen MR) is 121 cm³/mol. The minimum absolute atomic E-state index is 0.0672. The smallest absolute Gasteiger partial charge is 0.254 e. The fraction of sp³-hybridized carbons (Fsp3) is 0.440. The topological polar surface area (TPSA) is 59.1 Å². The molecule has 1 heterocycles. The van der Waals surface area contributed by atoms with Crippen LogP contribution in [0.3, 0.4) is 0 Å². The molecule has 1 saturated heterocycles. The number of methoxy groups -OCH3 is 2. The summed E-state index contributed by atoms with van der Waals surface area (Å²) in [6.07, 6.45) is 3.45. The van der Waals surface area contributed by atoms with Crippen molar-refractivity contribution in [1.82, 2.24) is 9.80 Å². The Hall–Kier alpha value is -3.02. The van der Waals surface area contributed by atoms with Gasteiger partial charge in [0.1, 0.15) is 11.5 Å². The Balaban J connectivity index is 1.44. The maximum absolute atomic E-state index is 12.9. The Morgan fingerprint density at radius 2 is 1.42 bits per heavy atom. The van der Waals surface area contributed by atoms with Gasteiger partial charge in [-0.3, -0.25) is 9.59 Å². The molecule has 6 heteroatoms. The Morgan fingerprint density at radius 3 is 2.00 bits per heavy atom. The summed E-state index contributed by atoms with van der Waals surface area (Å²) in [6, 6.07) is 13.8. The first-order chi connectivity index (χ1) is 15.0. The van der Waals surface area contributed by atoms with Crippen LogP contribution in [0, 0.1) is 6.92 Å². The molecule has 0 N–H and O–H groups in total. The lowest BCUT2D eigenvalue weighted by Gasteiger charge is -2.35. The molecular weight excluding hydrogens is 392 g/mol. The predicted octanol–water partition coefficient (Wildman–Crippen LogP) is 3.71. The van der Waals surface area contributed by atoms with E-state index in [-0.39, 0.29) is 11.8 Å². The minimum Gasteiger partial charge on any atom is -0.497 e.